The molecule has 18 heavy (non-hydrogen) atoms. The first-order chi connectivity index (χ1) is 8.81. The highest BCUT2D eigenvalue weighted by Crippen LogP contribution is 2.23. The van der Waals surface area contributed by atoms with Crippen molar-refractivity contribution in [3.8, 4) is 5.75 Å². The highest BCUT2D eigenvalue weighted by molar-refractivity contribution is 7.08. The summed E-state index contributed by atoms with van der Waals surface area (Å²) in [7, 11) is 0. The van der Waals surface area contributed by atoms with Gasteiger partial charge in [-0.3, -0.25) is 0 Å². The molecule has 2 aromatic rings. The van der Waals surface area contributed by atoms with E-state index in [9.17, 15) is 0 Å². The number of hydrogen-bond donors (Lipinski definition) is 1. The molecule has 0 fully saturated rings. The first kappa shape index (κ1) is 13.1. The van der Waals surface area contributed by atoms with Crippen LogP contribution in [0.25, 0.3) is 0 Å². The highest BCUT2D eigenvalue weighted by atomic mass is 32.1. The Balaban J connectivity index is 1.99. The van der Waals surface area contributed by atoms with Crippen molar-refractivity contribution in [1.29, 1.82) is 0 Å². The first-order valence-corrected chi connectivity index (χ1v) is 7.26. The molecule has 0 radical (unpaired) electrons. The van der Waals surface area contributed by atoms with Crippen LogP contribution in [0.1, 0.15) is 36.9 Å². The summed E-state index contributed by atoms with van der Waals surface area (Å²) in [6.07, 6.45) is 2.25. The molecule has 3 heteroatoms. The van der Waals surface area contributed by atoms with Crippen LogP contribution in [-0.4, -0.2) is 6.61 Å². The summed E-state index contributed by atoms with van der Waals surface area (Å²) in [4.78, 5) is 0. The topological polar surface area (TPSA) is 35.2 Å². The van der Waals surface area contributed by atoms with Crippen molar-refractivity contribution in [3.05, 3.63) is 52.2 Å². The van der Waals surface area contributed by atoms with Gasteiger partial charge in [0.15, 0.2) is 0 Å². The normalized spacial score (nSPS) is 12.3. The van der Waals surface area contributed by atoms with Crippen LogP contribution in [-0.2, 0) is 0 Å². The van der Waals surface area contributed by atoms with Crippen LogP contribution in [0.4, 0.5) is 0 Å². The zero-order chi connectivity index (χ0) is 12.8. The van der Waals surface area contributed by atoms with Crippen LogP contribution in [0.5, 0.6) is 5.75 Å². The third-order valence-electron chi connectivity index (χ3n) is 2.91. The van der Waals surface area contributed by atoms with Gasteiger partial charge in [0.2, 0.25) is 0 Å². The molecular weight excluding hydrogens is 242 g/mol. The molecule has 1 atom stereocenters. The zero-order valence-corrected chi connectivity index (χ0v) is 11.5. The van der Waals surface area contributed by atoms with Gasteiger partial charge in [-0.2, -0.15) is 11.3 Å². The fraction of sp³-hybridized carbons (Fsp3) is 0.333. The largest absolute Gasteiger partial charge is 0.494 e. The van der Waals surface area contributed by atoms with Gasteiger partial charge in [-0.15, -0.1) is 0 Å². The van der Waals surface area contributed by atoms with E-state index in [0.717, 1.165) is 30.8 Å². The number of thiophene rings is 1. The molecule has 1 aromatic carbocycles. The third-order valence-corrected chi connectivity index (χ3v) is 3.61. The van der Waals surface area contributed by atoms with Crippen LogP contribution >= 0.6 is 11.3 Å². The van der Waals surface area contributed by atoms with Gasteiger partial charge in [-0.1, -0.05) is 25.5 Å². The van der Waals surface area contributed by atoms with E-state index in [1.54, 1.807) is 11.3 Å². The van der Waals surface area contributed by atoms with Crippen molar-refractivity contribution in [2.45, 2.75) is 25.8 Å². The smallest absolute Gasteiger partial charge is 0.119 e. The number of hydrogen-bond acceptors (Lipinski definition) is 3. The zero-order valence-electron chi connectivity index (χ0n) is 10.6. The Labute approximate surface area is 112 Å². The minimum Gasteiger partial charge on any atom is -0.494 e. The van der Waals surface area contributed by atoms with Gasteiger partial charge in [0.1, 0.15) is 5.75 Å². The summed E-state index contributed by atoms with van der Waals surface area (Å²) in [5.41, 5.74) is 8.49. The molecular formula is C15H19NOS. The molecule has 1 unspecified atom stereocenters. The van der Waals surface area contributed by atoms with Crippen LogP contribution < -0.4 is 10.5 Å². The lowest BCUT2D eigenvalue weighted by Crippen LogP contribution is -2.10. The average Bonchev–Trinajstić information content (AvgIpc) is 2.93. The molecule has 2 nitrogen and oxygen atoms in total. The van der Waals surface area contributed by atoms with E-state index in [0.29, 0.717) is 0 Å². The van der Waals surface area contributed by atoms with Gasteiger partial charge < -0.3 is 10.5 Å². The fourth-order valence-corrected chi connectivity index (χ4v) is 2.45. The van der Waals surface area contributed by atoms with Crippen molar-refractivity contribution < 1.29 is 4.74 Å². The molecule has 0 bridgehead atoms. The third kappa shape index (κ3) is 3.34. The molecule has 0 amide bonds. The van der Waals surface area contributed by atoms with Crippen molar-refractivity contribution in [3.63, 3.8) is 0 Å². The predicted molar refractivity (Wildman–Crippen MR) is 77.2 cm³/mol. The summed E-state index contributed by atoms with van der Waals surface area (Å²) < 4.78 is 5.63. The van der Waals surface area contributed by atoms with Crippen LogP contribution in [0, 0.1) is 0 Å². The quantitative estimate of drug-likeness (QED) is 0.798. The SMILES string of the molecule is CCCCOc1ccc(C(N)c2ccsc2)cc1. The van der Waals surface area contributed by atoms with E-state index < -0.39 is 0 Å². The lowest BCUT2D eigenvalue weighted by atomic mass is 10.0. The van der Waals surface area contributed by atoms with E-state index in [-0.39, 0.29) is 6.04 Å². The second-order valence-corrected chi connectivity index (χ2v) is 5.09. The maximum atomic E-state index is 6.20. The summed E-state index contributed by atoms with van der Waals surface area (Å²) in [6, 6.07) is 10.1. The van der Waals surface area contributed by atoms with Crippen molar-refractivity contribution in [2.75, 3.05) is 6.61 Å². The number of rotatable bonds is 6. The van der Waals surface area contributed by atoms with Gasteiger partial charge in [-0.25, -0.2) is 0 Å². The van der Waals surface area contributed by atoms with E-state index in [1.807, 2.05) is 24.3 Å². The van der Waals surface area contributed by atoms with Crippen molar-refractivity contribution in [2.24, 2.45) is 5.73 Å². The van der Waals surface area contributed by atoms with E-state index in [1.165, 1.54) is 5.56 Å². The molecule has 0 aliphatic heterocycles. The van der Waals surface area contributed by atoms with E-state index in [2.05, 4.69) is 23.8 Å². The van der Waals surface area contributed by atoms with Crippen molar-refractivity contribution >= 4 is 11.3 Å². The number of nitrogens with two attached hydrogens (primary N) is 1. The van der Waals surface area contributed by atoms with Crippen molar-refractivity contribution in [1.82, 2.24) is 0 Å². The number of unbranched alkanes of at least 4 members (excludes halogenated alkanes) is 1. The Hall–Kier alpha value is -1.32. The summed E-state index contributed by atoms with van der Waals surface area (Å²) in [5, 5.41) is 4.15. The summed E-state index contributed by atoms with van der Waals surface area (Å²) in [6.45, 7) is 2.94. The summed E-state index contributed by atoms with van der Waals surface area (Å²) >= 11 is 1.67. The lowest BCUT2D eigenvalue weighted by Gasteiger charge is -2.11. The van der Waals surface area contributed by atoms with Crippen LogP contribution in [0.3, 0.4) is 0 Å². The summed E-state index contributed by atoms with van der Waals surface area (Å²) in [5.74, 6) is 0.921. The van der Waals surface area contributed by atoms with Gasteiger partial charge in [0, 0.05) is 0 Å². The van der Waals surface area contributed by atoms with Gasteiger partial charge in [-0.05, 0) is 46.5 Å². The molecule has 1 aromatic heterocycles. The molecule has 0 aliphatic carbocycles. The number of benzene rings is 1. The second-order valence-electron chi connectivity index (χ2n) is 4.31. The molecule has 0 saturated heterocycles. The second kappa shape index (κ2) is 6.57. The van der Waals surface area contributed by atoms with Gasteiger partial charge in [0.25, 0.3) is 0 Å². The van der Waals surface area contributed by atoms with Crippen LogP contribution in [0.2, 0.25) is 0 Å². The van der Waals surface area contributed by atoms with Gasteiger partial charge in [0.05, 0.1) is 12.6 Å². The fourth-order valence-electron chi connectivity index (χ4n) is 1.75. The first-order valence-electron chi connectivity index (χ1n) is 6.31. The average molecular weight is 261 g/mol. The maximum Gasteiger partial charge on any atom is 0.119 e. The molecule has 2 N–H and O–H groups in total. The molecule has 0 saturated carbocycles. The molecule has 1 heterocycles. The maximum absolute atomic E-state index is 6.20. The monoisotopic (exact) mass is 261 g/mol. The number of ether oxygens (including phenoxy) is 1. The van der Waals surface area contributed by atoms with E-state index in [4.69, 9.17) is 10.5 Å². The Kier molecular flexibility index (Phi) is 4.79. The highest BCUT2D eigenvalue weighted by Gasteiger charge is 2.08. The minimum absolute atomic E-state index is 0.0408. The lowest BCUT2D eigenvalue weighted by molar-refractivity contribution is 0.309. The molecule has 0 aliphatic rings. The van der Waals surface area contributed by atoms with Gasteiger partial charge >= 0.3 is 0 Å². The molecule has 0 spiro atoms. The Morgan fingerprint density at radius 1 is 1.17 bits per heavy atom. The van der Waals surface area contributed by atoms with Crippen LogP contribution in [0.15, 0.2) is 41.1 Å². The Bertz CT molecular complexity index is 450. The molecule has 96 valence electrons. The Morgan fingerprint density at radius 3 is 2.56 bits per heavy atom. The Morgan fingerprint density at radius 2 is 1.94 bits per heavy atom. The molecule has 2 rings (SSSR count). The minimum atomic E-state index is -0.0408. The predicted octanol–water partition coefficient (Wildman–Crippen LogP) is 3.98. The standard InChI is InChI=1S/C15H19NOS/c1-2-3-9-17-14-6-4-12(5-7-14)15(16)13-8-10-18-11-13/h4-8,10-11,15H,2-3,9,16H2,1H3. The van der Waals surface area contributed by atoms with E-state index >= 15 is 0 Å².